The maximum absolute atomic E-state index is 9.92. The number of benzene rings is 3. The van der Waals surface area contributed by atoms with Gasteiger partial charge < -0.3 is 0 Å². The Kier molecular flexibility index (Phi) is 9.52. The summed E-state index contributed by atoms with van der Waals surface area (Å²) in [4.78, 5) is 0. The first kappa shape index (κ1) is 27.3. The molecule has 202 valence electrons. The molecule has 2 atom stereocenters. The average Bonchev–Trinajstić information content (AvgIpc) is 2.96. The molecule has 0 saturated heterocycles. The van der Waals surface area contributed by atoms with Crippen molar-refractivity contribution in [2.24, 2.45) is 0 Å². The number of hydrogen-bond donors (Lipinski definition) is 2. The Labute approximate surface area is 234 Å². The summed E-state index contributed by atoms with van der Waals surface area (Å²) in [5.41, 5.74) is 7.17. The molecule has 2 unspecified atom stereocenters. The molecule has 2 aliphatic rings. The molecule has 3 nitrogen and oxygen atoms in total. The fourth-order valence-electron chi connectivity index (χ4n) is 6.40. The zero-order valence-electron chi connectivity index (χ0n) is 23.2. The Morgan fingerprint density at radius 3 is 2.45 bits per heavy atom. The normalized spacial score (nSPS) is 18.6. The minimum absolute atomic E-state index is 0.387. The van der Waals surface area contributed by atoms with Gasteiger partial charge in [-0.15, -0.1) is 0 Å². The summed E-state index contributed by atoms with van der Waals surface area (Å²) < 4.78 is 7.29. The van der Waals surface area contributed by atoms with Gasteiger partial charge in [-0.05, 0) is 0 Å². The number of nitrogens with one attached hydrogen (secondary N) is 1. The van der Waals surface area contributed by atoms with Crippen LogP contribution < -0.4 is 14.4 Å². The van der Waals surface area contributed by atoms with Crippen LogP contribution in [-0.2, 0) is 24.5 Å². The third-order valence-electron chi connectivity index (χ3n) is 8.67. The van der Waals surface area contributed by atoms with E-state index in [-0.39, 0.29) is 0 Å². The number of fused-ring (bicyclic) bond motifs is 1. The van der Waals surface area contributed by atoms with Crippen LogP contribution in [0.1, 0.15) is 79.2 Å². The van der Waals surface area contributed by atoms with E-state index in [0.29, 0.717) is 11.7 Å². The van der Waals surface area contributed by atoms with Crippen molar-refractivity contribution in [3.63, 3.8) is 0 Å². The van der Waals surface area contributed by atoms with E-state index >= 15 is 0 Å². The predicted octanol–water partition coefficient (Wildman–Crippen LogP) is 6.64. The molecular weight excluding hydrogens is 529 g/mol. The quantitative estimate of drug-likeness (QED) is 0.267. The number of phenolic OH excluding ortho intramolecular Hbond substituents is 1. The molecule has 0 heterocycles. The van der Waals surface area contributed by atoms with E-state index in [0.717, 1.165) is 44.0 Å². The van der Waals surface area contributed by atoms with Gasteiger partial charge in [0.05, 0.1) is 0 Å². The van der Waals surface area contributed by atoms with Crippen molar-refractivity contribution < 1.29 is 9.84 Å². The fourth-order valence-corrected chi connectivity index (χ4v) is 11.3. The Morgan fingerprint density at radius 2 is 1.68 bits per heavy atom. The van der Waals surface area contributed by atoms with Crippen LogP contribution in [0.25, 0.3) is 0 Å². The molecule has 2 aliphatic carbocycles. The first-order valence-corrected chi connectivity index (χ1v) is 18.3. The number of rotatable bonds is 10. The van der Waals surface area contributed by atoms with Crippen molar-refractivity contribution in [3.8, 4) is 11.5 Å². The molecule has 38 heavy (non-hydrogen) atoms. The van der Waals surface area contributed by atoms with Crippen molar-refractivity contribution in [2.75, 3.05) is 13.7 Å². The average molecular weight is 574 g/mol. The zero-order chi connectivity index (χ0) is 26.3. The van der Waals surface area contributed by atoms with Gasteiger partial charge >= 0.3 is 235 Å². The third kappa shape index (κ3) is 6.85. The molecule has 0 amide bonds. The van der Waals surface area contributed by atoms with Gasteiger partial charge in [-0.25, -0.2) is 0 Å². The predicted molar refractivity (Wildman–Crippen MR) is 160 cm³/mol. The van der Waals surface area contributed by atoms with E-state index in [9.17, 15) is 5.11 Å². The van der Waals surface area contributed by atoms with Crippen LogP contribution >= 0.6 is 0 Å². The van der Waals surface area contributed by atoms with E-state index in [1.807, 2.05) is 12.1 Å². The summed E-state index contributed by atoms with van der Waals surface area (Å²) in [6, 6.07) is 23.0. The van der Waals surface area contributed by atoms with Gasteiger partial charge in [0.15, 0.2) is 0 Å². The Morgan fingerprint density at radius 1 is 0.895 bits per heavy atom. The molecule has 1 saturated carbocycles. The summed E-state index contributed by atoms with van der Waals surface area (Å²) in [5.74, 6) is 1.91. The van der Waals surface area contributed by atoms with Gasteiger partial charge in [0.2, 0.25) is 0 Å². The molecule has 0 aromatic heterocycles. The van der Waals surface area contributed by atoms with E-state index < -0.39 is 14.7 Å². The van der Waals surface area contributed by atoms with E-state index in [1.165, 1.54) is 70.3 Å². The van der Waals surface area contributed by atoms with Crippen LogP contribution in [-0.4, -0.2) is 39.5 Å². The molecule has 0 bridgehead atoms. The van der Waals surface area contributed by atoms with Crippen LogP contribution in [0, 0.1) is 0 Å². The van der Waals surface area contributed by atoms with Crippen LogP contribution in [0.4, 0.5) is 0 Å². The van der Waals surface area contributed by atoms with E-state index in [1.54, 1.807) is 11.5 Å². The van der Waals surface area contributed by atoms with Crippen molar-refractivity contribution in [2.45, 2.75) is 87.1 Å². The number of methoxy groups -OCH3 is 1. The number of aryl methyl sites for hydroxylation is 1. The summed E-state index contributed by atoms with van der Waals surface area (Å²) in [6.07, 6.45) is 11.3. The fraction of sp³-hybridized carbons (Fsp3) is 0.471. The first-order chi connectivity index (χ1) is 18.6. The van der Waals surface area contributed by atoms with E-state index in [4.69, 9.17) is 4.74 Å². The maximum atomic E-state index is 9.92. The Hall–Kier alpha value is -2.22. The topological polar surface area (TPSA) is 41.5 Å². The van der Waals surface area contributed by atoms with Crippen LogP contribution in [0.5, 0.6) is 11.5 Å². The van der Waals surface area contributed by atoms with Crippen molar-refractivity contribution in [1.29, 1.82) is 0 Å². The molecule has 2 N–H and O–H groups in total. The van der Waals surface area contributed by atoms with E-state index in [2.05, 4.69) is 60.8 Å². The van der Waals surface area contributed by atoms with Crippen LogP contribution in [0.2, 0.25) is 5.21 Å². The molecule has 3 aromatic rings. The molecule has 1 fully saturated rings. The standard InChI is InChI=1S/C34H44AsNO2/c1-3-35(24-26-11-9-25(10-12-26)19-20-36-30-7-5-4-6-8-30)34-23-32(38-2)17-18-33(34)29-14-13-28-22-31(37)16-15-27(28)21-29/h9-12,15-18,22-23,29-30,36-37H,3-8,13-14,19-21,24H2,1-2H3. The van der Waals surface area contributed by atoms with Gasteiger partial charge in [-0.2, -0.15) is 0 Å². The summed E-state index contributed by atoms with van der Waals surface area (Å²) in [6.45, 7) is 3.47. The second-order valence-electron chi connectivity index (χ2n) is 11.2. The number of hydrogen-bond acceptors (Lipinski definition) is 3. The number of phenols is 1. The molecule has 0 radical (unpaired) electrons. The number of aromatic hydroxyl groups is 1. The van der Waals surface area contributed by atoms with Crippen molar-refractivity contribution >= 4 is 19.0 Å². The minimum atomic E-state index is -1.32. The van der Waals surface area contributed by atoms with Gasteiger partial charge in [-0.3, -0.25) is 0 Å². The monoisotopic (exact) mass is 573 g/mol. The SMILES string of the molecule is CC[As](Cc1ccc(CCNC2CCCCC2)cc1)c1cc(OC)ccc1C1CCc2cc(O)ccc2C1. The molecule has 0 aliphatic heterocycles. The zero-order valence-corrected chi connectivity index (χ0v) is 25.1. The molecule has 5 rings (SSSR count). The van der Waals surface area contributed by atoms with Crippen LogP contribution in [0.15, 0.2) is 60.7 Å². The molecule has 0 spiro atoms. The van der Waals surface area contributed by atoms with Gasteiger partial charge in [0.1, 0.15) is 0 Å². The summed E-state index contributed by atoms with van der Waals surface area (Å²) >= 11 is -1.32. The van der Waals surface area contributed by atoms with Crippen molar-refractivity contribution in [1.82, 2.24) is 5.32 Å². The van der Waals surface area contributed by atoms with Gasteiger partial charge in [0, 0.05) is 0 Å². The summed E-state index contributed by atoms with van der Waals surface area (Å²) in [7, 11) is 1.78. The van der Waals surface area contributed by atoms with Crippen molar-refractivity contribution in [3.05, 3.63) is 88.5 Å². The summed E-state index contributed by atoms with van der Waals surface area (Å²) in [5, 5.41) is 16.2. The molecule has 3 aromatic carbocycles. The first-order valence-electron chi connectivity index (χ1n) is 14.7. The number of ether oxygens (including phenoxy) is 1. The Bertz CT molecular complexity index is 1190. The second-order valence-corrected chi connectivity index (χ2v) is 16.5. The third-order valence-corrected chi connectivity index (χ3v) is 14.1. The van der Waals surface area contributed by atoms with Crippen LogP contribution in [0.3, 0.4) is 0 Å². The van der Waals surface area contributed by atoms with Gasteiger partial charge in [-0.1, -0.05) is 0 Å². The molecular formula is C34H44AsNO2. The second kappa shape index (κ2) is 13.2. The van der Waals surface area contributed by atoms with Gasteiger partial charge in [0.25, 0.3) is 0 Å². The molecule has 4 heteroatoms. The Balaban J connectivity index is 1.27.